The molecular weight excluding hydrogens is 314 g/mol. The first-order valence-electron chi connectivity index (χ1n) is 7.63. The van der Waals surface area contributed by atoms with E-state index in [9.17, 15) is 4.79 Å². The fourth-order valence-corrected chi connectivity index (χ4v) is 1.83. The van der Waals surface area contributed by atoms with Gasteiger partial charge >= 0.3 is 0 Å². The first kappa shape index (κ1) is 21.8. The van der Waals surface area contributed by atoms with Crippen LogP contribution >= 0.6 is 12.1 Å². The summed E-state index contributed by atoms with van der Waals surface area (Å²) in [6.45, 7) is 3.59. The molecule has 0 aromatic carbocycles. The molecule has 0 saturated carbocycles. The van der Waals surface area contributed by atoms with Crippen LogP contribution in [0.4, 0.5) is 0 Å². The number of hydrogen-bond acceptors (Lipinski definition) is 7. The minimum absolute atomic E-state index is 0.0706. The fraction of sp³-hybridized carbons (Fsp3) is 0.600. The van der Waals surface area contributed by atoms with E-state index in [1.54, 1.807) is 30.6 Å². The van der Waals surface area contributed by atoms with Gasteiger partial charge in [0.2, 0.25) is 5.91 Å². The molecule has 0 spiro atoms. The van der Waals surface area contributed by atoms with Crippen molar-refractivity contribution < 1.29 is 9.90 Å². The number of rotatable bonds is 9. The van der Waals surface area contributed by atoms with Crippen LogP contribution in [0.1, 0.15) is 25.3 Å². The molecule has 1 aromatic heterocycles. The molecule has 23 heavy (non-hydrogen) atoms. The summed E-state index contributed by atoms with van der Waals surface area (Å²) in [5.74, 6) is -0.462. The Morgan fingerprint density at radius 3 is 2.78 bits per heavy atom. The molecule has 8 heteroatoms. The third-order valence-corrected chi connectivity index (χ3v) is 3.29. The Morgan fingerprint density at radius 2 is 2.26 bits per heavy atom. The van der Waals surface area contributed by atoms with Crippen LogP contribution in [0.15, 0.2) is 24.5 Å². The average molecular weight is 343 g/mol. The van der Waals surface area contributed by atoms with Crippen molar-refractivity contribution in [2.75, 3.05) is 27.2 Å². The quantitative estimate of drug-likeness (QED) is 0.383. The SMILES string of the molecule is CCCCNSN(C)C.NCC(O)C(=O)NCc1cccnc1. The average Bonchev–Trinajstić information content (AvgIpc) is 2.57. The molecule has 0 radical (unpaired) electrons. The van der Waals surface area contributed by atoms with Crippen molar-refractivity contribution in [2.24, 2.45) is 5.73 Å². The number of amides is 1. The number of aromatic nitrogens is 1. The molecule has 1 atom stereocenters. The lowest BCUT2D eigenvalue weighted by Crippen LogP contribution is -2.38. The highest BCUT2D eigenvalue weighted by Gasteiger charge is 2.11. The van der Waals surface area contributed by atoms with Crippen molar-refractivity contribution in [3.05, 3.63) is 30.1 Å². The molecular formula is C15H29N5O2S. The summed E-state index contributed by atoms with van der Waals surface area (Å²) in [5.41, 5.74) is 6.00. The first-order chi connectivity index (χ1) is 11.0. The van der Waals surface area contributed by atoms with Gasteiger partial charge in [0.1, 0.15) is 6.10 Å². The standard InChI is InChI=1S/C9H13N3O2.C6H16N2S/c10-4-8(13)9(14)12-6-7-2-1-3-11-5-7;1-4-5-6-7-9-8(2)3/h1-3,5,8,13H,4,6,10H2,(H,12,14);7H,4-6H2,1-3H3. The normalized spacial score (nSPS) is 11.6. The van der Waals surface area contributed by atoms with E-state index in [1.165, 1.54) is 12.8 Å². The van der Waals surface area contributed by atoms with Crippen LogP contribution in [0, 0.1) is 0 Å². The number of aliphatic hydroxyl groups is 1. The smallest absolute Gasteiger partial charge is 0.250 e. The molecule has 1 amide bonds. The highest BCUT2D eigenvalue weighted by Crippen LogP contribution is 1.96. The Hall–Kier alpha value is -1.19. The van der Waals surface area contributed by atoms with E-state index in [0.717, 1.165) is 12.1 Å². The second kappa shape index (κ2) is 14.4. The highest BCUT2D eigenvalue weighted by atomic mass is 32.2. The number of carbonyl (C=O) groups excluding carboxylic acids is 1. The van der Waals surface area contributed by atoms with Crippen molar-refractivity contribution >= 4 is 18.0 Å². The van der Waals surface area contributed by atoms with Crippen molar-refractivity contribution in [1.82, 2.24) is 19.3 Å². The summed E-state index contributed by atoms with van der Waals surface area (Å²) in [7, 11) is 4.06. The van der Waals surface area contributed by atoms with E-state index in [2.05, 4.69) is 26.3 Å². The van der Waals surface area contributed by atoms with E-state index in [-0.39, 0.29) is 6.54 Å². The molecule has 1 unspecified atom stereocenters. The van der Waals surface area contributed by atoms with Crippen LogP contribution in [0.3, 0.4) is 0 Å². The van der Waals surface area contributed by atoms with Crippen molar-refractivity contribution in [1.29, 1.82) is 0 Å². The Balaban J connectivity index is 0.000000468. The van der Waals surface area contributed by atoms with Gasteiger partial charge in [-0.2, -0.15) is 0 Å². The molecule has 1 rings (SSSR count). The number of nitrogens with one attached hydrogen (secondary N) is 2. The maximum atomic E-state index is 11.1. The largest absolute Gasteiger partial charge is 0.382 e. The molecule has 132 valence electrons. The number of carbonyl (C=O) groups is 1. The van der Waals surface area contributed by atoms with E-state index >= 15 is 0 Å². The van der Waals surface area contributed by atoms with Crippen molar-refractivity contribution in [3.8, 4) is 0 Å². The van der Waals surface area contributed by atoms with E-state index in [1.807, 2.05) is 20.2 Å². The fourth-order valence-electron chi connectivity index (χ4n) is 1.34. The minimum atomic E-state index is -1.13. The zero-order valence-electron chi connectivity index (χ0n) is 14.2. The molecule has 7 nitrogen and oxygen atoms in total. The Bertz CT molecular complexity index is 406. The number of nitrogens with zero attached hydrogens (tertiary/aromatic N) is 2. The highest BCUT2D eigenvalue weighted by molar-refractivity contribution is 7.95. The van der Waals surface area contributed by atoms with Crippen molar-refractivity contribution in [2.45, 2.75) is 32.4 Å². The Morgan fingerprint density at radius 1 is 1.52 bits per heavy atom. The molecule has 0 aliphatic carbocycles. The maximum absolute atomic E-state index is 11.1. The third-order valence-electron chi connectivity index (χ3n) is 2.59. The van der Waals surface area contributed by atoms with Crippen LogP contribution < -0.4 is 15.8 Å². The summed E-state index contributed by atoms with van der Waals surface area (Å²) in [5, 5.41) is 11.6. The molecule has 1 heterocycles. The van der Waals surface area contributed by atoms with Gasteiger partial charge in [-0.1, -0.05) is 19.4 Å². The number of nitrogens with two attached hydrogens (primary N) is 1. The zero-order valence-corrected chi connectivity index (χ0v) is 15.0. The first-order valence-corrected chi connectivity index (χ1v) is 8.40. The number of aliphatic hydroxyl groups excluding tert-OH is 1. The van der Waals surface area contributed by atoms with Gasteiger partial charge in [0.05, 0.1) is 0 Å². The van der Waals surface area contributed by atoms with Gasteiger partial charge < -0.3 is 16.2 Å². The lowest BCUT2D eigenvalue weighted by molar-refractivity contribution is -0.128. The molecule has 0 bridgehead atoms. The van der Waals surface area contributed by atoms with Gasteiger partial charge in [-0.25, -0.2) is 4.31 Å². The van der Waals surface area contributed by atoms with E-state index in [0.29, 0.717) is 6.54 Å². The predicted octanol–water partition coefficient (Wildman–Crippen LogP) is 0.518. The van der Waals surface area contributed by atoms with Crippen molar-refractivity contribution in [3.63, 3.8) is 0 Å². The second-order valence-electron chi connectivity index (χ2n) is 4.98. The Kier molecular flexibility index (Phi) is 13.7. The molecule has 0 saturated heterocycles. The molecule has 0 fully saturated rings. The van der Waals surface area contributed by atoms with Gasteiger partial charge in [0.15, 0.2) is 0 Å². The van der Waals surface area contributed by atoms with Gasteiger partial charge in [0, 0.05) is 44.2 Å². The summed E-state index contributed by atoms with van der Waals surface area (Å²) in [4.78, 5) is 15.0. The van der Waals surface area contributed by atoms with Crippen LogP contribution in [-0.2, 0) is 11.3 Å². The number of pyridine rings is 1. The van der Waals surface area contributed by atoms with Crippen LogP contribution in [-0.4, -0.2) is 53.6 Å². The predicted molar refractivity (Wildman–Crippen MR) is 95.3 cm³/mol. The molecule has 5 N–H and O–H groups in total. The van der Waals surface area contributed by atoms with Gasteiger partial charge in [0.25, 0.3) is 0 Å². The maximum Gasteiger partial charge on any atom is 0.250 e. The summed E-state index contributed by atoms with van der Waals surface area (Å²) < 4.78 is 5.28. The summed E-state index contributed by atoms with van der Waals surface area (Å²) in [6, 6.07) is 3.61. The van der Waals surface area contributed by atoms with E-state index in [4.69, 9.17) is 10.8 Å². The van der Waals surface area contributed by atoms with Gasteiger partial charge in [-0.05, 0) is 32.1 Å². The molecule has 0 aliphatic rings. The van der Waals surface area contributed by atoms with Crippen LogP contribution in [0.2, 0.25) is 0 Å². The van der Waals surface area contributed by atoms with E-state index < -0.39 is 12.0 Å². The summed E-state index contributed by atoms with van der Waals surface area (Å²) >= 11 is 1.65. The lowest BCUT2D eigenvalue weighted by Gasteiger charge is -2.08. The third kappa shape index (κ3) is 13.0. The number of unbranched alkanes of at least 4 members (excludes halogenated alkanes) is 1. The topological polar surface area (TPSA) is 104 Å². The minimum Gasteiger partial charge on any atom is -0.382 e. The zero-order chi connectivity index (χ0) is 17.5. The monoisotopic (exact) mass is 343 g/mol. The van der Waals surface area contributed by atoms with Crippen LogP contribution in [0.25, 0.3) is 0 Å². The molecule has 1 aromatic rings. The van der Waals surface area contributed by atoms with Gasteiger partial charge in [-0.3, -0.25) is 14.5 Å². The summed E-state index contributed by atoms with van der Waals surface area (Å²) in [6.07, 6.45) is 4.70. The van der Waals surface area contributed by atoms with Gasteiger partial charge in [-0.15, -0.1) is 0 Å². The molecule has 0 aliphatic heterocycles. The lowest BCUT2D eigenvalue weighted by atomic mass is 10.2. The Labute approximate surface area is 143 Å². The van der Waals surface area contributed by atoms with Crippen LogP contribution in [0.5, 0.6) is 0 Å². The number of hydrogen-bond donors (Lipinski definition) is 4. The second-order valence-corrected chi connectivity index (χ2v) is 6.18.